The number of rotatable bonds is 11. The molecule has 98 valence electrons. The van der Waals surface area contributed by atoms with Crippen molar-refractivity contribution < 1.29 is 0 Å². The van der Waals surface area contributed by atoms with E-state index in [2.05, 4.69) is 32.3 Å². The van der Waals surface area contributed by atoms with Crippen LogP contribution in [0.5, 0.6) is 0 Å². The summed E-state index contributed by atoms with van der Waals surface area (Å²) in [6, 6.07) is 0.702. The molecule has 0 bridgehead atoms. The second-order valence-corrected chi connectivity index (χ2v) is 6.22. The fourth-order valence-corrected chi connectivity index (χ4v) is 2.25. The molecule has 0 aromatic carbocycles. The first-order chi connectivity index (χ1) is 7.66. The van der Waals surface area contributed by atoms with Gasteiger partial charge < -0.3 is 5.32 Å². The third kappa shape index (κ3) is 12.4. The van der Waals surface area contributed by atoms with Crippen molar-refractivity contribution in [2.45, 2.75) is 65.3 Å². The molecular formula is C14H31NS. The summed E-state index contributed by atoms with van der Waals surface area (Å²) in [6.45, 7) is 8.13. The van der Waals surface area contributed by atoms with E-state index < -0.39 is 0 Å². The van der Waals surface area contributed by atoms with Crippen LogP contribution in [0.3, 0.4) is 0 Å². The van der Waals surface area contributed by atoms with Crippen molar-refractivity contribution in [2.24, 2.45) is 5.92 Å². The van der Waals surface area contributed by atoms with Gasteiger partial charge in [0.25, 0.3) is 0 Å². The summed E-state index contributed by atoms with van der Waals surface area (Å²) in [5.74, 6) is 2.17. The van der Waals surface area contributed by atoms with Crippen molar-refractivity contribution in [3.8, 4) is 0 Å². The average Bonchev–Trinajstić information content (AvgIpc) is 2.25. The fraction of sp³-hybridized carbons (Fsp3) is 1.00. The Morgan fingerprint density at radius 1 is 0.938 bits per heavy atom. The number of hydrogen-bond donors (Lipinski definition) is 1. The van der Waals surface area contributed by atoms with Crippen LogP contribution in [0, 0.1) is 5.92 Å². The van der Waals surface area contributed by atoms with Gasteiger partial charge in [-0.05, 0) is 57.1 Å². The summed E-state index contributed by atoms with van der Waals surface area (Å²) >= 11 is 1.96. The highest BCUT2D eigenvalue weighted by atomic mass is 32.2. The van der Waals surface area contributed by atoms with Crippen LogP contribution in [0.4, 0.5) is 0 Å². The highest BCUT2D eigenvalue weighted by Gasteiger charge is 2.02. The molecule has 16 heavy (non-hydrogen) atoms. The van der Waals surface area contributed by atoms with Gasteiger partial charge in [-0.25, -0.2) is 0 Å². The van der Waals surface area contributed by atoms with E-state index in [0.29, 0.717) is 6.04 Å². The van der Waals surface area contributed by atoms with Crippen LogP contribution >= 0.6 is 11.8 Å². The lowest BCUT2D eigenvalue weighted by atomic mass is 10.0. The molecule has 0 saturated heterocycles. The third-order valence-corrected chi connectivity index (χ3v) is 3.64. The molecule has 0 radical (unpaired) electrons. The van der Waals surface area contributed by atoms with Crippen molar-refractivity contribution in [1.29, 1.82) is 0 Å². The lowest BCUT2D eigenvalue weighted by molar-refractivity contribution is 0.444. The summed E-state index contributed by atoms with van der Waals surface area (Å²) in [6.07, 6.45) is 10.4. The van der Waals surface area contributed by atoms with Gasteiger partial charge in [0.2, 0.25) is 0 Å². The first kappa shape index (κ1) is 16.3. The molecule has 0 amide bonds. The smallest absolute Gasteiger partial charge is 0.00388 e. The van der Waals surface area contributed by atoms with Crippen molar-refractivity contribution in [3.63, 3.8) is 0 Å². The average molecular weight is 245 g/mol. The van der Waals surface area contributed by atoms with E-state index in [0.717, 1.165) is 5.92 Å². The maximum absolute atomic E-state index is 3.62. The van der Waals surface area contributed by atoms with Crippen molar-refractivity contribution in [2.75, 3.05) is 18.6 Å². The molecule has 0 aromatic rings. The SMILES string of the molecule is CSCCCCCCNC(C)CCC(C)C. The molecule has 0 heterocycles. The first-order valence-corrected chi connectivity index (χ1v) is 8.28. The minimum Gasteiger partial charge on any atom is -0.314 e. The van der Waals surface area contributed by atoms with E-state index >= 15 is 0 Å². The zero-order valence-electron chi connectivity index (χ0n) is 11.7. The minimum atomic E-state index is 0.702. The Kier molecular flexibility index (Phi) is 12.0. The fourth-order valence-electron chi connectivity index (χ4n) is 1.76. The van der Waals surface area contributed by atoms with E-state index in [1.165, 1.54) is 50.8 Å². The van der Waals surface area contributed by atoms with Gasteiger partial charge in [0.05, 0.1) is 0 Å². The molecular weight excluding hydrogens is 214 g/mol. The second kappa shape index (κ2) is 11.8. The zero-order valence-corrected chi connectivity index (χ0v) is 12.5. The Morgan fingerprint density at radius 2 is 1.62 bits per heavy atom. The molecule has 0 aliphatic heterocycles. The maximum Gasteiger partial charge on any atom is 0.00388 e. The van der Waals surface area contributed by atoms with E-state index in [1.54, 1.807) is 0 Å². The molecule has 0 aliphatic carbocycles. The van der Waals surface area contributed by atoms with Crippen LogP contribution in [0.25, 0.3) is 0 Å². The quantitative estimate of drug-likeness (QED) is 0.544. The summed E-state index contributed by atoms with van der Waals surface area (Å²) in [5.41, 5.74) is 0. The lowest BCUT2D eigenvalue weighted by Gasteiger charge is -2.14. The molecule has 0 aliphatic rings. The minimum absolute atomic E-state index is 0.702. The Balaban J connectivity index is 3.12. The lowest BCUT2D eigenvalue weighted by Crippen LogP contribution is -2.27. The molecule has 1 unspecified atom stereocenters. The Morgan fingerprint density at radius 3 is 2.25 bits per heavy atom. The van der Waals surface area contributed by atoms with E-state index in [1.807, 2.05) is 11.8 Å². The van der Waals surface area contributed by atoms with Crippen LogP contribution < -0.4 is 5.32 Å². The second-order valence-electron chi connectivity index (χ2n) is 5.23. The molecule has 2 heteroatoms. The van der Waals surface area contributed by atoms with Crippen molar-refractivity contribution in [3.05, 3.63) is 0 Å². The number of hydrogen-bond acceptors (Lipinski definition) is 2. The van der Waals surface area contributed by atoms with Crippen molar-refractivity contribution in [1.82, 2.24) is 5.32 Å². The largest absolute Gasteiger partial charge is 0.314 e. The Labute approximate surface area is 107 Å². The summed E-state index contributed by atoms with van der Waals surface area (Å²) in [4.78, 5) is 0. The number of unbranched alkanes of at least 4 members (excludes halogenated alkanes) is 3. The zero-order chi connectivity index (χ0) is 12.2. The Bertz CT molecular complexity index is 137. The third-order valence-electron chi connectivity index (χ3n) is 2.95. The van der Waals surface area contributed by atoms with Gasteiger partial charge in [0.15, 0.2) is 0 Å². The number of nitrogens with one attached hydrogen (secondary N) is 1. The molecule has 1 N–H and O–H groups in total. The number of thioether (sulfide) groups is 1. The molecule has 0 fully saturated rings. The Hall–Kier alpha value is 0.310. The topological polar surface area (TPSA) is 12.0 Å². The standard InChI is InChI=1S/C14H31NS/c1-13(2)9-10-14(3)15-11-7-5-6-8-12-16-4/h13-15H,5-12H2,1-4H3. The molecule has 0 saturated carbocycles. The van der Waals surface area contributed by atoms with E-state index in [-0.39, 0.29) is 0 Å². The van der Waals surface area contributed by atoms with Gasteiger partial charge in [-0.1, -0.05) is 26.7 Å². The van der Waals surface area contributed by atoms with Gasteiger partial charge in [-0.2, -0.15) is 11.8 Å². The van der Waals surface area contributed by atoms with E-state index in [4.69, 9.17) is 0 Å². The summed E-state index contributed by atoms with van der Waals surface area (Å²) < 4.78 is 0. The van der Waals surface area contributed by atoms with Crippen LogP contribution in [0.15, 0.2) is 0 Å². The van der Waals surface area contributed by atoms with Gasteiger partial charge >= 0.3 is 0 Å². The molecule has 0 spiro atoms. The summed E-state index contributed by atoms with van der Waals surface area (Å²) in [7, 11) is 0. The maximum atomic E-state index is 3.62. The van der Waals surface area contributed by atoms with Gasteiger partial charge in [-0.3, -0.25) is 0 Å². The highest BCUT2D eigenvalue weighted by Crippen LogP contribution is 2.07. The predicted molar refractivity (Wildman–Crippen MR) is 78.4 cm³/mol. The molecule has 0 aromatic heterocycles. The van der Waals surface area contributed by atoms with Crippen LogP contribution in [0.2, 0.25) is 0 Å². The first-order valence-electron chi connectivity index (χ1n) is 6.89. The van der Waals surface area contributed by atoms with Gasteiger partial charge in [0, 0.05) is 6.04 Å². The predicted octanol–water partition coefficient (Wildman–Crippen LogP) is 4.32. The molecule has 1 nitrogen and oxygen atoms in total. The van der Waals surface area contributed by atoms with E-state index in [9.17, 15) is 0 Å². The van der Waals surface area contributed by atoms with Crippen LogP contribution in [-0.2, 0) is 0 Å². The normalized spacial score (nSPS) is 13.3. The molecule has 1 atom stereocenters. The van der Waals surface area contributed by atoms with Crippen LogP contribution in [0.1, 0.15) is 59.3 Å². The highest BCUT2D eigenvalue weighted by molar-refractivity contribution is 7.98. The van der Waals surface area contributed by atoms with Gasteiger partial charge in [0.1, 0.15) is 0 Å². The van der Waals surface area contributed by atoms with Crippen molar-refractivity contribution >= 4 is 11.8 Å². The monoisotopic (exact) mass is 245 g/mol. The summed E-state index contributed by atoms with van der Waals surface area (Å²) in [5, 5.41) is 3.62. The van der Waals surface area contributed by atoms with Crippen LogP contribution in [-0.4, -0.2) is 24.6 Å². The molecule has 0 rings (SSSR count). The van der Waals surface area contributed by atoms with Gasteiger partial charge in [-0.15, -0.1) is 0 Å².